The van der Waals surface area contributed by atoms with Gasteiger partial charge >= 0.3 is 0 Å². The van der Waals surface area contributed by atoms with Crippen LogP contribution in [0, 0.1) is 13.8 Å². The Hall–Kier alpha value is -0.350. The molecule has 1 aromatic rings. The van der Waals surface area contributed by atoms with Crippen LogP contribution in [-0.4, -0.2) is 21.5 Å². The molecule has 1 heterocycles. The average molecular weight is 263 g/mol. The molecule has 0 aromatic carbocycles. The van der Waals surface area contributed by atoms with E-state index < -0.39 is 0 Å². The monoisotopic (exact) mass is 262 g/mol. The number of aryl methyl sites for hydroxylation is 1. The Bertz CT molecular complexity index is 271. The van der Waals surface area contributed by atoms with Gasteiger partial charge in [-0.25, -0.2) is 0 Å². The highest BCUT2D eigenvalue weighted by atomic mass is 79.9. The molecule has 1 rings (SSSR count). The summed E-state index contributed by atoms with van der Waals surface area (Å²) in [6, 6.07) is 0. The lowest BCUT2D eigenvalue weighted by Gasteiger charge is -2.02. The van der Waals surface area contributed by atoms with Gasteiger partial charge in [-0.3, -0.25) is 4.68 Å². The van der Waals surface area contributed by atoms with Gasteiger partial charge in [0.2, 0.25) is 0 Å². The first kappa shape index (κ1) is 13.7. The van der Waals surface area contributed by atoms with Crippen molar-refractivity contribution < 1.29 is 5.11 Å². The number of aliphatic hydroxyl groups excluding tert-OH is 1. The van der Waals surface area contributed by atoms with Crippen molar-refractivity contribution >= 4 is 15.9 Å². The molecule has 0 saturated carbocycles. The minimum absolute atomic E-state index is 0.139. The third kappa shape index (κ3) is 3.10. The molecule has 4 heteroatoms. The molecule has 0 atom stereocenters. The fourth-order valence-corrected chi connectivity index (χ4v) is 1.88. The van der Waals surface area contributed by atoms with Crippen molar-refractivity contribution in [3.63, 3.8) is 0 Å². The maximum Gasteiger partial charge on any atom is 0.0644 e. The van der Waals surface area contributed by atoms with Crippen molar-refractivity contribution in [2.45, 2.75) is 39.6 Å². The summed E-state index contributed by atoms with van der Waals surface area (Å²) < 4.78 is 1.85. The predicted molar refractivity (Wildman–Crippen MR) is 62.8 cm³/mol. The summed E-state index contributed by atoms with van der Waals surface area (Å²) in [7, 11) is 0. The zero-order chi connectivity index (χ0) is 11.1. The van der Waals surface area contributed by atoms with Gasteiger partial charge in [0.1, 0.15) is 0 Å². The molecule has 0 aliphatic carbocycles. The van der Waals surface area contributed by atoms with Crippen LogP contribution in [0.2, 0.25) is 0 Å². The van der Waals surface area contributed by atoms with Crippen LogP contribution in [0.1, 0.15) is 30.8 Å². The molecular weight excluding hydrogens is 244 g/mol. The number of hydrogen-bond donors (Lipinski definition) is 1. The van der Waals surface area contributed by atoms with Crippen molar-refractivity contribution in [3.8, 4) is 0 Å². The van der Waals surface area contributed by atoms with Gasteiger partial charge in [-0.15, -0.1) is 0 Å². The summed E-state index contributed by atoms with van der Waals surface area (Å²) >= 11 is 3.40. The fraction of sp³-hybridized carbons (Fsp3) is 0.700. The number of rotatable bonds is 3. The molecule has 0 bridgehead atoms. The number of nitrogens with zero attached hydrogens (tertiary/aromatic N) is 2. The molecule has 0 radical (unpaired) electrons. The maximum absolute atomic E-state index is 8.76. The van der Waals surface area contributed by atoms with Crippen LogP contribution in [0.4, 0.5) is 0 Å². The fourth-order valence-electron chi connectivity index (χ4n) is 1.17. The van der Waals surface area contributed by atoms with Crippen LogP contribution in [0.3, 0.4) is 0 Å². The Kier molecular flexibility index (Phi) is 6.83. The molecule has 0 unspecified atom stereocenters. The third-order valence-corrected chi connectivity index (χ3v) is 2.53. The third-order valence-electron chi connectivity index (χ3n) is 2.00. The second-order valence-electron chi connectivity index (χ2n) is 2.74. The Labute approximate surface area is 94.3 Å². The molecule has 1 N–H and O–H groups in total. The molecule has 0 aliphatic rings. The van der Waals surface area contributed by atoms with Crippen molar-refractivity contribution in [2.24, 2.45) is 0 Å². The molecule has 0 fully saturated rings. The second kappa shape index (κ2) is 7.01. The first-order valence-electron chi connectivity index (χ1n) is 4.90. The molecule has 3 nitrogen and oxygen atoms in total. The SMILES string of the molecule is CC.Cc1nn(CCO)c(CBr)c1C. The first-order chi connectivity index (χ1) is 6.70. The average Bonchev–Trinajstić information content (AvgIpc) is 2.46. The molecule has 0 aliphatic heterocycles. The molecule has 14 heavy (non-hydrogen) atoms. The molecular formula is C10H19BrN2O. The minimum Gasteiger partial charge on any atom is -0.394 e. The Morgan fingerprint density at radius 1 is 1.36 bits per heavy atom. The minimum atomic E-state index is 0.139. The Balaban J connectivity index is 0.000000791. The van der Waals surface area contributed by atoms with E-state index in [2.05, 4.69) is 21.0 Å². The largest absolute Gasteiger partial charge is 0.394 e. The van der Waals surface area contributed by atoms with Crippen LogP contribution in [-0.2, 0) is 11.9 Å². The topological polar surface area (TPSA) is 38.0 Å². The van der Waals surface area contributed by atoms with E-state index in [9.17, 15) is 0 Å². The summed E-state index contributed by atoms with van der Waals surface area (Å²) in [6.45, 7) is 8.75. The molecule has 0 amide bonds. The lowest BCUT2D eigenvalue weighted by Crippen LogP contribution is -2.07. The smallest absolute Gasteiger partial charge is 0.0644 e. The maximum atomic E-state index is 8.76. The molecule has 0 spiro atoms. The molecule has 0 saturated heterocycles. The first-order valence-corrected chi connectivity index (χ1v) is 6.02. The van der Waals surface area contributed by atoms with Gasteiger partial charge in [-0.05, 0) is 19.4 Å². The van der Waals surface area contributed by atoms with E-state index in [1.807, 2.05) is 32.4 Å². The molecule has 1 aromatic heterocycles. The van der Waals surface area contributed by atoms with Gasteiger partial charge < -0.3 is 5.11 Å². The van der Waals surface area contributed by atoms with Crippen LogP contribution in [0.5, 0.6) is 0 Å². The Morgan fingerprint density at radius 3 is 2.36 bits per heavy atom. The van der Waals surface area contributed by atoms with Gasteiger partial charge in [0.05, 0.1) is 24.5 Å². The summed E-state index contributed by atoms with van der Waals surface area (Å²) in [5.41, 5.74) is 3.40. The number of hydrogen-bond acceptors (Lipinski definition) is 2. The van der Waals surface area contributed by atoms with E-state index in [0.29, 0.717) is 6.54 Å². The zero-order valence-corrected chi connectivity index (χ0v) is 10.9. The normalized spacial score (nSPS) is 9.57. The second-order valence-corrected chi connectivity index (χ2v) is 3.30. The highest BCUT2D eigenvalue weighted by Crippen LogP contribution is 2.15. The van der Waals surface area contributed by atoms with E-state index in [4.69, 9.17) is 5.11 Å². The van der Waals surface area contributed by atoms with Crippen LogP contribution in [0.15, 0.2) is 0 Å². The van der Waals surface area contributed by atoms with Crippen LogP contribution >= 0.6 is 15.9 Å². The predicted octanol–water partition coefficient (Wildman–Crippen LogP) is 2.41. The highest BCUT2D eigenvalue weighted by molar-refractivity contribution is 9.08. The van der Waals surface area contributed by atoms with E-state index in [1.54, 1.807) is 0 Å². The van der Waals surface area contributed by atoms with Gasteiger partial charge in [0.25, 0.3) is 0 Å². The number of aliphatic hydroxyl groups is 1. The van der Waals surface area contributed by atoms with Crippen molar-refractivity contribution in [1.29, 1.82) is 0 Å². The van der Waals surface area contributed by atoms with Gasteiger partial charge in [-0.2, -0.15) is 5.10 Å². The van der Waals surface area contributed by atoms with Gasteiger partial charge in [0, 0.05) is 5.33 Å². The van der Waals surface area contributed by atoms with Gasteiger partial charge in [-0.1, -0.05) is 29.8 Å². The highest BCUT2D eigenvalue weighted by Gasteiger charge is 2.08. The zero-order valence-electron chi connectivity index (χ0n) is 9.34. The van der Waals surface area contributed by atoms with Crippen molar-refractivity contribution in [2.75, 3.05) is 6.61 Å². The van der Waals surface area contributed by atoms with Crippen molar-refractivity contribution in [3.05, 3.63) is 17.0 Å². The lowest BCUT2D eigenvalue weighted by molar-refractivity contribution is 0.267. The summed E-state index contributed by atoms with van der Waals surface area (Å²) in [5, 5.41) is 13.9. The van der Waals surface area contributed by atoms with Crippen LogP contribution in [0.25, 0.3) is 0 Å². The van der Waals surface area contributed by atoms with E-state index >= 15 is 0 Å². The quantitative estimate of drug-likeness (QED) is 0.850. The number of halogens is 1. The summed E-state index contributed by atoms with van der Waals surface area (Å²) in [5.74, 6) is 0. The standard InChI is InChI=1S/C8H13BrN2O.C2H6/c1-6-7(2)10-11(3-4-12)8(6)5-9;1-2/h12H,3-5H2,1-2H3;1-2H3. The lowest BCUT2D eigenvalue weighted by atomic mass is 10.2. The van der Waals surface area contributed by atoms with E-state index in [0.717, 1.165) is 16.7 Å². The summed E-state index contributed by atoms with van der Waals surface area (Å²) in [6.07, 6.45) is 0. The summed E-state index contributed by atoms with van der Waals surface area (Å²) in [4.78, 5) is 0. The van der Waals surface area contributed by atoms with E-state index in [1.165, 1.54) is 5.56 Å². The van der Waals surface area contributed by atoms with E-state index in [-0.39, 0.29) is 6.61 Å². The van der Waals surface area contributed by atoms with Crippen LogP contribution < -0.4 is 0 Å². The Morgan fingerprint density at radius 2 is 1.93 bits per heavy atom. The number of alkyl halides is 1. The van der Waals surface area contributed by atoms with Gasteiger partial charge in [0.15, 0.2) is 0 Å². The van der Waals surface area contributed by atoms with Crippen molar-refractivity contribution in [1.82, 2.24) is 9.78 Å². The molecule has 82 valence electrons. The number of aromatic nitrogens is 2.